The molecule has 9 nitrogen and oxygen atoms in total. The Morgan fingerprint density at radius 1 is 1.11 bits per heavy atom. The van der Waals surface area contributed by atoms with Crippen LogP contribution in [0.5, 0.6) is 11.5 Å². The van der Waals surface area contributed by atoms with Crippen LogP contribution in [-0.2, 0) is 10.0 Å². The molecule has 0 saturated carbocycles. The molecular formula is C27H36N4O5S2. The molecule has 1 aliphatic heterocycles. The van der Waals surface area contributed by atoms with Crippen molar-refractivity contribution in [3.05, 3.63) is 42.0 Å². The summed E-state index contributed by atoms with van der Waals surface area (Å²) in [5, 5.41) is 0.568. The van der Waals surface area contributed by atoms with Crippen molar-refractivity contribution in [3.8, 4) is 11.5 Å². The maximum atomic E-state index is 13.7. The smallest absolute Gasteiger partial charge is 0.260 e. The molecule has 1 aromatic heterocycles. The van der Waals surface area contributed by atoms with Gasteiger partial charge in [0.25, 0.3) is 5.91 Å². The van der Waals surface area contributed by atoms with Gasteiger partial charge in [-0.2, -0.15) is 4.31 Å². The van der Waals surface area contributed by atoms with Crippen LogP contribution in [0.15, 0.2) is 41.3 Å². The first kappa shape index (κ1) is 28.3. The minimum absolute atomic E-state index is 0.210. The van der Waals surface area contributed by atoms with E-state index in [0.29, 0.717) is 53.3 Å². The highest BCUT2D eigenvalue weighted by Crippen LogP contribution is 2.37. The zero-order chi connectivity index (χ0) is 27.4. The Hall–Kier alpha value is -2.73. The number of carbonyl (C=O) groups is 1. The predicted octanol–water partition coefficient (Wildman–Crippen LogP) is 4.33. The van der Waals surface area contributed by atoms with Gasteiger partial charge in [0.15, 0.2) is 16.6 Å². The Labute approximate surface area is 229 Å². The van der Waals surface area contributed by atoms with Gasteiger partial charge in [-0.3, -0.25) is 9.69 Å². The van der Waals surface area contributed by atoms with Gasteiger partial charge in [0.1, 0.15) is 0 Å². The van der Waals surface area contributed by atoms with Crippen molar-refractivity contribution in [1.82, 2.24) is 14.2 Å². The predicted molar refractivity (Wildman–Crippen MR) is 151 cm³/mol. The number of nitrogens with zero attached hydrogens (tertiary/aromatic N) is 4. The lowest BCUT2D eigenvalue weighted by molar-refractivity contribution is 0.0986. The minimum Gasteiger partial charge on any atom is -0.493 e. The first-order chi connectivity index (χ1) is 18.1. The summed E-state index contributed by atoms with van der Waals surface area (Å²) in [4.78, 5) is 22.4. The molecule has 38 heavy (non-hydrogen) atoms. The Morgan fingerprint density at radius 3 is 2.42 bits per heavy atom. The van der Waals surface area contributed by atoms with E-state index in [-0.39, 0.29) is 10.8 Å². The number of carbonyl (C=O) groups excluding carboxylic acids is 1. The van der Waals surface area contributed by atoms with Crippen LogP contribution in [-0.4, -0.2) is 83.0 Å². The molecular weight excluding hydrogens is 524 g/mol. The summed E-state index contributed by atoms with van der Waals surface area (Å²) in [5.41, 5.74) is 1.13. The molecule has 0 N–H and O–H groups in total. The molecule has 1 saturated heterocycles. The quantitative estimate of drug-likeness (QED) is 0.364. The second-order valence-corrected chi connectivity index (χ2v) is 12.9. The van der Waals surface area contributed by atoms with Gasteiger partial charge in [-0.1, -0.05) is 18.3 Å². The van der Waals surface area contributed by atoms with E-state index in [4.69, 9.17) is 14.5 Å². The summed E-state index contributed by atoms with van der Waals surface area (Å²) in [7, 11) is 3.54. The minimum atomic E-state index is -3.60. The molecule has 3 aromatic rings. The summed E-state index contributed by atoms with van der Waals surface area (Å²) in [6.45, 7) is 4.40. The summed E-state index contributed by atoms with van der Waals surface area (Å²) < 4.78 is 39.6. The summed E-state index contributed by atoms with van der Waals surface area (Å²) in [5.74, 6) is 1.28. The van der Waals surface area contributed by atoms with E-state index < -0.39 is 10.0 Å². The summed E-state index contributed by atoms with van der Waals surface area (Å²) in [6, 6.07) is 9.93. The fraction of sp³-hybridized carbons (Fsp3) is 0.481. The van der Waals surface area contributed by atoms with E-state index in [0.717, 1.165) is 30.5 Å². The van der Waals surface area contributed by atoms with Crippen molar-refractivity contribution in [2.45, 2.75) is 31.1 Å². The summed E-state index contributed by atoms with van der Waals surface area (Å²) >= 11 is 1.40. The number of hydrogen-bond donors (Lipinski definition) is 0. The maximum Gasteiger partial charge on any atom is 0.260 e. The first-order valence-electron chi connectivity index (χ1n) is 12.7. The lowest BCUT2D eigenvalue weighted by atomic mass is 10.0. The third kappa shape index (κ3) is 6.12. The highest BCUT2D eigenvalue weighted by molar-refractivity contribution is 7.89. The molecule has 11 heteroatoms. The lowest BCUT2D eigenvalue weighted by Gasteiger charge is -2.30. The van der Waals surface area contributed by atoms with Crippen molar-refractivity contribution < 1.29 is 22.7 Å². The number of thiazole rings is 1. The van der Waals surface area contributed by atoms with Crippen molar-refractivity contribution in [2.24, 2.45) is 5.92 Å². The molecule has 2 aromatic carbocycles. The molecule has 0 bridgehead atoms. The van der Waals surface area contributed by atoms with Gasteiger partial charge >= 0.3 is 0 Å². The van der Waals surface area contributed by atoms with Crippen LogP contribution >= 0.6 is 11.3 Å². The van der Waals surface area contributed by atoms with Gasteiger partial charge in [0, 0.05) is 37.3 Å². The van der Waals surface area contributed by atoms with E-state index in [9.17, 15) is 13.2 Å². The van der Waals surface area contributed by atoms with Crippen LogP contribution < -0.4 is 14.4 Å². The normalized spacial score (nSPS) is 16.6. The van der Waals surface area contributed by atoms with Crippen LogP contribution in [0.25, 0.3) is 10.2 Å². The highest BCUT2D eigenvalue weighted by Gasteiger charge is 2.29. The number of methoxy groups -OCH3 is 2. The molecule has 1 fully saturated rings. The Morgan fingerprint density at radius 2 is 1.79 bits per heavy atom. The Bertz CT molecular complexity index is 1330. The second-order valence-electron chi connectivity index (χ2n) is 9.92. The lowest BCUT2D eigenvalue weighted by Crippen LogP contribution is -2.39. The van der Waals surface area contributed by atoms with E-state index >= 15 is 0 Å². The molecule has 0 aliphatic carbocycles. The van der Waals surface area contributed by atoms with Crippen LogP contribution in [0, 0.1) is 5.92 Å². The topological polar surface area (TPSA) is 92.3 Å². The summed E-state index contributed by atoms with van der Waals surface area (Å²) in [6.07, 6.45) is 2.65. The molecule has 1 amide bonds. The third-order valence-corrected chi connectivity index (χ3v) is 9.62. The average molecular weight is 561 g/mol. The fourth-order valence-corrected chi connectivity index (χ4v) is 7.23. The molecule has 206 valence electrons. The second kappa shape index (κ2) is 12.0. The number of fused-ring (bicyclic) bond motifs is 1. The van der Waals surface area contributed by atoms with Gasteiger partial charge in [0.2, 0.25) is 10.0 Å². The molecule has 1 aliphatic rings. The van der Waals surface area contributed by atoms with Crippen LogP contribution in [0.2, 0.25) is 0 Å². The monoisotopic (exact) mass is 560 g/mol. The maximum absolute atomic E-state index is 13.7. The van der Waals surface area contributed by atoms with Crippen molar-refractivity contribution >= 4 is 42.6 Å². The van der Waals surface area contributed by atoms with E-state index in [2.05, 4.69) is 11.8 Å². The Kier molecular flexibility index (Phi) is 8.92. The van der Waals surface area contributed by atoms with Crippen LogP contribution in [0.1, 0.15) is 36.5 Å². The number of rotatable bonds is 10. The molecule has 1 unspecified atom stereocenters. The molecule has 0 spiro atoms. The van der Waals surface area contributed by atoms with E-state index in [1.807, 2.05) is 20.2 Å². The van der Waals surface area contributed by atoms with Gasteiger partial charge in [-0.15, -0.1) is 0 Å². The molecule has 1 atom stereocenters. The standard InChI is InChI=1S/C27H36N4O5S2/c1-19-8-6-14-30(18-19)38(33,34)21-11-9-20(10-12-21)26(32)31(15-7-13-29(2)3)27-28-22-16-23(35-4)24(36-5)17-25(22)37-27/h9-12,16-17,19H,6-8,13-15,18H2,1-5H3. The number of benzene rings is 2. The Balaban J connectivity index is 1.63. The van der Waals surface area contributed by atoms with Gasteiger partial charge < -0.3 is 14.4 Å². The SMILES string of the molecule is COc1cc2nc(N(CCCN(C)C)C(=O)c3ccc(S(=O)(=O)N4CCCC(C)C4)cc3)sc2cc1OC. The van der Waals surface area contributed by atoms with Crippen molar-refractivity contribution in [2.75, 3.05) is 59.4 Å². The number of aromatic nitrogens is 1. The third-order valence-electron chi connectivity index (χ3n) is 6.70. The highest BCUT2D eigenvalue weighted by atomic mass is 32.2. The molecule has 4 rings (SSSR count). The van der Waals surface area contributed by atoms with Crippen molar-refractivity contribution in [3.63, 3.8) is 0 Å². The largest absolute Gasteiger partial charge is 0.493 e. The fourth-order valence-electron chi connectivity index (χ4n) is 4.63. The number of piperidine rings is 1. The van der Waals surface area contributed by atoms with Crippen LogP contribution in [0.4, 0.5) is 5.13 Å². The average Bonchev–Trinajstić information content (AvgIpc) is 3.32. The van der Waals surface area contributed by atoms with Crippen LogP contribution in [0.3, 0.4) is 0 Å². The number of ether oxygens (including phenoxy) is 2. The molecule has 0 radical (unpaired) electrons. The number of sulfonamides is 1. The number of amides is 1. The van der Waals surface area contributed by atoms with Crippen molar-refractivity contribution in [1.29, 1.82) is 0 Å². The first-order valence-corrected chi connectivity index (χ1v) is 15.0. The number of anilines is 1. The van der Waals surface area contributed by atoms with E-state index in [1.165, 1.54) is 23.5 Å². The number of hydrogen-bond acceptors (Lipinski definition) is 8. The van der Waals surface area contributed by atoms with Gasteiger partial charge in [-0.25, -0.2) is 13.4 Å². The van der Waals surface area contributed by atoms with Gasteiger partial charge in [-0.05, 0) is 70.1 Å². The zero-order valence-electron chi connectivity index (χ0n) is 22.6. The van der Waals surface area contributed by atoms with E-state index in [1.54, 1.807) is 41.6 Å². The zero-order valence-corrected chi connectivity index (χ0v) is 24.3. The van der Waals surface area contributed by atoms with Gasteiger partial charge in [0.05, 0.1) is 29.3 Å². The molecule has 2 heterocycles.